The third-order valence-corrected chi connectivity index (χ3v) is 5.37. The largest absolute Gasteiger partial charge is 0.312 e. The van der Waals surface area contributed by atoms with Gasteiger partial charge in [-0.05, 0) is 24.3 Å². The van der Waals surface area contributed by atoms with Crippen molar-refractivity contribution in [2.45, 2.75) is 37.6 Å². The van der Waals surface area contributed by atoms with Gasteiger partial charge in [0.05, 0.1) is 0 Å². The van der Waals surface area contributed by atoms with Crippen molar-refractivity contribution in [2.24, 2.45) is 0 Å². The fourth-order valence-corrected chi connectivity index (χ4v) is 3.72. The maximum atomic E-state index is 12.2. The molecule has 3 heteroatoms. The summed E-state index contributed by atoms with van der Waals surface area (Å²) in [5.74, 6) is 3.26. The maximum Gasteiger partial charge on any atom is 0.164 e. The zero-order valence-corrected chi connectivity index (χ0v) is 12.0. The maximum absolute atomic E-state index is 12.2. The second-order valence-corrected chi connectivity index (χ2v) is 6.75. The quantitative estimate of drug-likeness (QED) is 0.855. The van der Waals surface area contributed by atoms with Gasteiger partial charge in [-0.2, -0.15) is 11.8 Å². The summed E-state index contributed by atoms with van der Waals surface area (Å²) in [6.45, 7) is 1.03. The molecule has 2 nitrogen and oxygen atoms in total. The Morgan fingerprint density at radius 3 is 2.63 bits per heavy atom. The molecule has 1 N–H and O–H groups in total. The van der Waals surface area contributed by atoms with Gasteiger partial charge in [-0.1, -0.05) is 30.7 Å². The number of hydrogen-bond acceptors (Lipinski definition) is 3. The van der Waals surface area contributed by atoms with Crippen molar-refractivity contribution in [2.75, 3.05) is 18.1 Å². The Morgan fingerprint density at radius 1 is 1.26 bits per heavy atom. The summed E-state index contributed by atoms with van der Waals surface area (Å²) in [4.78, 5) is 12.2. The van der Waals surface area contributed by atoms with E-state index in [9.17, 15) is 4.79 Å². The van der Waals surface area contributed by atoms with Crippen LogP contribution < -0.4 is 5.32 Å². The van der Waals surface area contributed by atoms with Gasteiger partial charge in [0, 0.05) is 36.1 Å². The van der Waals surface area contributed by atoms with Crippen LogP contribution in [0.4, 0.5) is 0 Å². The Hall–Kier alpha value is -0.800. The number of ketones is 1. The Morgan fingerprint density at radius 2 is 2.05 bits per heavy atom. The molecule has 2 aliphatic rings. The van der Waals surface area contributed by atoms with E-state index < -0.39 is 0 Å². The fourth-order valence-electron chi connectivity index (χ4n) is 2.78. The molecule has 19 heavy (non-hydrogen) atoms. The lowest BCUT2D eigenvalue weighted by Crippen LogP contribution is -2.38. The average Bonchev–Trinajstić information content (AvgIpc) is 2.39. The summed E-state index contributed by atoms with van der Waals surface area (Å²) in [5.41, 5.74) is 2.29. The number of nitrogens with one attached hydrogen (secondary N) is 1. The Bertz CT molecular complexity index is 433. The first-order chi connectivity index (χ1) is 9.33. The van der Waals surface area contributed by atoms with Crippen LogP contribution in [0, 0.1) is 0 Å². The average molecular weight is 275 g/mol. The van der Waals surface area contributed by atoms with Crippen molar-refractivity contribution in [1.29, 1.82) is 0 Å². The minimum Gasteiger partial charge on any atom is -0.312 e. The van der Waals surface area contributed by atoms with E-state index in [0.29, 0.717) is 12.5 Å². The highest BCUT2D eigenvalue weighted by molar-refractivity contribution is 7.99. The van der Waals surface area contributed by atoms with Crippen molar-refractivity contribution in [3.8, 4) is 0 Å². The lowest BCUT2D eigenvalue weighted by atomic mass is 9.80. The van der Waals surface area contributed by atoms with Gasteiger partial charge >= 0.3 is 0 Å². The minimum atomic E-state index is 0.278. The summed E-state index contributed by atoms with van der Waals surface area (Å²) < 4.78 is 0. The van der Waals surface area contributed by atoms with E-state index >= 15 is 0 Å². The van der Waals surface area contributed by atoms with E-state index in [-0.39, 0.29) is 5.78 Å². The topological polar surface area (TPSA) is 29.1 Å². The molecule has 0 amide bonds. The molecule has 0 spiro atoms. The first kappa shape index (κ1) is 13.2. The molecule has 1 unspecified atom stereocenters. The Balaban J connectivity index is 1.59. The van der Waals surface area contributed by atoms with Crippen LogP contribution in [0.25, 0.3) is 0 Å². The lowest BCUT2D eigenvalue weighted by molar-refractivity contribution is 0.0972. The van der Waals surface area contributed by atoms with Gasteiger partial charge in [-0.15, -0.1) is 0 Å². The molecule has 1 heterocycles. The van der Waals surface area contributed by atoms with Crippen molar-refractivity contribution in [3.05, 3.63) is 35.4 Å². The van der Waals surface area contributed by atoms with Gasteiger partial charge < -0.3 is 5.32 Å². The Labute approximate surface area is 119 Å². The molecule has 1 aliphatic carbocycles. The molecule has 0 radical (unpaired) electrons. The normalized spacial score (nSPS) is 23.9. The highest BCUT2D eigenvalue weighted by atomic mass is 32.2. The van der Waals surface area contributed by atoms with Crippen LogP contribution in [0.15, 0.2) is 24.3 Å². The van der Waals surface area contributed by atoms with E-state index in [1.54, 1.807) is 0 Å². The SMILES string of the molecule is O=C(CC1CSCCN1)c1ccc(C2CCC2)cc1. The summed E-state index contributed by atoms with van der Waals surface area (Å²) in [5, 5.41) is 3.43. The number of rotatable bonds is 4. The van der Waals surface area contributed by atoms with Crippen LogP contribution in [0.3, 0.4) is 0 Å². The molecule has 1 atom stereocenters. The van der Waals surface area contributed by atoms with E-state index in [1.165, 1.54) is 30.6 Å². The smallest absolute Gasteiger partial charge is 0.164 e. The standard InChI is InChI=1S/C16H21NOS/c18-16(10-15-11-19-9-8-17-15)14-6-4-13(5-7-14)12-2-1-3-12/h4-7,12,15,17H,1-3,8-11H2. The first-order valence-corrected chi connectivity index (χ1v) is 8.42. The van der Waals surface area contributed by atoms with Crippen molar-refractivity contribution in [3.63, 3.8) is 0 Å². The number of carbonyl (C=O) groups excluding carboxylic acids is 1. The molecule has 1 aromatic rings. The molecule has 3 rings (SSSR count). The van der Waals surface area contributed by atoms with Crippen molar-refractivity contribution >= 4 is 17.5 Å². The van der Waals surface area contributed by atoms with Gasteiger partial charge in [0.1, 0.15) is 0 Å². The number of hydrogen-bond donors (Lipinski definition) is 1. The van der Waals surface area contributed by atoms with Crippen LogP contribution in [-0.2, 0) is 0 Å². The zero-order chi connectivity index (χ0) is 13.1. The first-order valence-electron chi connectivity index (χ1n) is 7.27. The number of benzene rings is 1. The summed E-state index contributed by atoms with van der Waals surface area (Å²) in [7, 11) is 0. The summed E-state index contributed by atoms with van der Waals surface area (Å²) in [6.07, 6.45) is 4.62. The predicted molar refractivity (Wildman–Crippen MR) is 81.1 cm³/mol. The van der Waals surface area contributed by atoms with E-state index in [2.05, 4.69) is 17.4 Å². The summed E-state index contributed by atoms with van der Waals surface area (Å²) in [6, 6.07) is 8.70. The number of carbonyl (C=O) groups is 1. The molecule has 1 aliphatic heterocycles. The Kier molecular flexibility index (Phi) is 4.24. The third-order valence-electron chi connectivity index (χ3n) is 4.24. The molecular formula is C16H21NOS. The molecule has 0 bridgehead atoms. The predicted octanol–water partition coefficient (Wildman–Crippen LogP) is 3.23. The van der Waals surface area contributed by atoms with Gasteiger partial charge in [-0.3, -0.25) is 4.79 Å². The van der Waals surface area contributed by atoms with E-state index in [0.717, 1.165) is 23.8 Å². The van der Waals surface area contributed by atoms with E-state index in [1.807, 2.05) is 23.9 Å². The highest BCUT2D eigenvalue weighted by Crippen LogP contribution is 2.36. The van der Waals surface area contributed by atoms with Crippen LogP contribution in [-0.4, -0.2) is 29.9 Å². The van der Waals surface area contributed by atoms with E-state index in [4.69, 9.17) is 0 Å². The second-order valence-electron chi connectivity index (χ2n) is 5.60. The highest BCUT2D eigenvalue weighted by Gasteiger charge is 2.20. The van der Waals surface area contributed by atoms with Crippen LogP contribution in [0.1, 0.15) is 47.5 Å². The van der Waals surface area contributed by atoms with Gasteiger partial charge in [0.15, 0.2) is 5.78 Å². The molecule has 2 fully saturated rings. The number of Topliss-reactive ketones (excluding diaryl/α,β-unsaturated/α-hetero) is 1. The molecule has 0 aromatic heterocycles. The fraction of sp³-hybridized carbons (Fsp3) is 0.562. The van der Waals surface area contributed by atoms with Crippen LogP contribution in [0.5, 0.6) is 0 Å². The summed E-state index contributed by atoms with van der Waals surface area (Å²) >= 11 is 1.94. The molecule has 1 saturated heterocycles. The van der Waals surface area contributed by atoms with Crippen LogP contribution >= 0.6 is 11.8 Å². The molecule has 102 valence electrons. The molecule has 1 saturated carbocycles. The van der Waals surface area contributed by atoms with Crippen molar-refractivity contribution in [1.82, 2.24) is 5.32 Å². The van der Waals surface area contributed by atoms with Gasteiger partial charge in [-0.25, -0.2) is 0 Å². The van der Waals surface area contributed by atoms with Gasteiger partial charge in [0.2, 0.25) is 0 Å². The lowest BCUT2D eigenvalue weighted by Gasteiger charge is -2.26. The van der Waals surface area contributed by atoms with Crippen LogP contribution in [0.2, 0.25) is 0 Å². The third kappa shape index (κ3) is 3.21. The second kappa shape index (κ2) is 6.10. The molecule has 1 aromatic carbocycles. The number of thioether (sulfide) groups is 1. The van der Waals surface area contributed by atoms with Gasteiger partial charge in [0.25, 0.3) is 0 Å². The molecular weight excluding hydrogens is 254 g/mol. The van der Waals surface area contributed by atoms with Crippen molar-refractivity contribution < 1.29 is 4.79 Å². The zero-order valence-electron chi connectivity index (χ0n) is 11.2. The minimum absolute atomic E-state index is 0.278. The monoisotopic (exact) mass is 275 g/mol.